The molecule has 38 heavy (non-hydrogen) atoms. The molecule has 0 bridgehead atoms. The molecule has 1 unspecified atom stereocenters. The van der Waals surface area contributed by atoms with E-state index in [0.717, 1.165) is 63.0 Å². The maximum absolute atomic E-state index is 14.4. The van der Waals surface area contributed by atoms with Gasteiger partial charge >= 0.3 is 0 Å². The Morgan fingerprint density at radius 2 is 2.03 bits per heavy atom. The Balaban J connectivity index is 1.24. The van der Waals surface area contributed by atoms with Gasteiger partial charge in [0.05, 0.1) is 31.1 Å². The number of aromatic nitrogens is 2. The average Bonchev–Trinajstić information content (AvgIpc) is 3.38. The van der Waals surface area contributed by atoms with E-state index < -0.39 is 17.7 Å². The molecule has 1 amide bonds. The number of carbonyl (C=O) groups is 1. The number of ether oxygens (including phenoxy) is 1. The number of hydrogen-bond acceptors (Lipinski definition) is 5. The van der Waals surface area contributed by atoms with Gasteiger partial charge in [-0.25, -0.2) is 13.8 Å². The third-order valence-corrected chi connectivity index (χ3v) is 7.40. The summed E-state index contributed by atoms with van der Waals surface area (Å²) in [7, 11) is 0. The first-order valence-corrected chi connectivity index (χ1v) is 13.5. The van der Waals surface area contributed by atoms with Crippen LogP contribution in [0.1, 0.15) is 42.9 Å². The SMILES string of the molecule is CCCC(N[C@H]1CCc2cc(F)cc(F)c2C1)C(=O)Nc1cn(-c2ccccc2CN2CCOCC2)cn1. The van der Waals surface area contributed by atoms with Gasteiger partial charge in [-0.2, -0.15) is 0 Å². The molecule has 0 spiro atoms. The van der Waals surface area contributed by atoms with E-state index in [9.17, 15) is 13.6 Å². The Hall–Kier alpha value is -3.14. The molecule has 5 rings (SSSR count). The maximum atomic E-state index is 14.4. The van der Waals surface area contributed by atoms with Crippen molar-refractivity contribution < 1.29 is 18.3 Å². The van der Waals surface area contributed by atoms with Gasteiger partial charge < -0.3 is 19.9 Å². The molecule has 3 aromatic rings. The van der Waals surface area contributed by atoms with Crippen LogP contribution >= 0.6 is 0 Å². The van der Waals surface area contributed by atoms with E-state index in [1.165, 1.54) is 11.6 Å². The van der Waals surface area contributed by atoms with E-state index >= 15 is 0 Å². The van der Waals surface area contributed by atoms with Crippen molar-refractivity contribution in [2.24, 2.45) is 0 Å². The highest BCUT2D eigenvalue weighted by Crippen LogP contribution is 2.26. The summed E-state index contributed by atoms with van der Waals surface area (Å²) in [6.45, 7) is 6.15. The number of hydrogen-bond donors (Lipinski definition) is 2. The van der Waals surface area contributed by atoms with Crippen molar-refractivity contribution in [2.45, 2.75) is 57.7 Å². The number of aryl methyl sites for hydroxylation is 1. The van der Waals surface area contributed by atoms with Crippen molar-refractivity contribution in [1.82, 2.24) is 19.8 Å². The highest BCUT2D eigenvalue weighted by atomic mass is 19.1. The summed E-state index contributed by atoms with van der Waals surface area (Å²) in [6, 6.07) is 10.1. The predicted octanol–water partition coefficient (Wildman–Crippen LogP) is 4.24. The van der Waals surface area contributed by atoms with Crippen LogP contribution in [0.25, 0.3) is 5.69 Å². The van der Waals surface area contributed by atoms with Gasteiger partial charge in [0.15, 0.2) is 5.82 Å². The van der Waals surface area contributed by atoms with Gasteiger partial charge in [-0.05, 0) is 54.5 Å². The molecular formula is C29H35F2N5O2. The van der Waals surface area contributed by atoms with Gasteiger partial charge in [0.25, 0.3) is 0 Å². The molecule has 0 radical (unpaired) electrons. The number of imidazole rings is 1. The molecule has 2 atom stereocenters. The molecule has 1 saturated heterocycles. The zero-order valence-corrected chi connectivity index (χ0v) is 21.8. The first-order chi connectivity index (χ1) is 18.5. The first kappa shape index (κ1) is 26.5. The molecule has 2 aliphatic rings. The lowest BCUT2D eigenvalue weighted by Crippen LogP contribution is -2.48. The topological polar surface area (TPSA) is 71.4 Å². The molecular weight excluding hydrogens is 488 g/mol. The minimum atomic E-state index is -0.543. The Labute approximate surface area is 222 Å². The number of anilines is 1. The number of carbonyl (C=O) groups excluding carboxylic acids is 1. The lowest BCUT2D eigenvalue weighted by atomic mass is 9.87. The number of rotatable bonds is 9. The van der Waals surface area contributed by atoms with Crippen molar-refractivity contribution in [3.05, 3.63) is 77.2 Å². The molecule has 1 aliphatic heterocycles. The van der Waals surface area contributed by atoms with Gasteiger partial charge in [0.2, 0.25) is 5.91 Å². The van der Waals surface area contributed by atoms with E-state index in [1.807, 2.05) is 29.8 Å². The number of halogens is 2. The molecule has 202 valence electrons. The summed E-state index contributed by atoms with van der Waals surface area (Å²) in [5.74, 6) is -0.736. The molecule has 2 aromatic carbocycles. The monoisotopic (exact) mass is 523 g/mol. The average molecular weight is 524 g/mol. The molecule has 1 aliphatic carbocycles. The summed E-state index contributed by atoms with van der Waals surface area (Å²) < 4.78 is 35.4. The molecule has 2 N–H and O–H groups in total. The van der Waals surface area contributed by atoms with E-state index in [-0.39, 0.29) is 11.9 Å². The van der Waals surface area contributed by atoms with Crippen molar-refractivity contribution in [2.75, 3.05) is 31.6 Å². The number of benzene rings is 2. The highest BCUT2D eigenvalue weighted by molar-refractivity contribution is 5.94. The number of morpholine rings is 1. The van der Waals surface area contributed by atoms with Crippen molar-refractivity contribution in [3.8, 4) is 5.69 Å². The minimum absolute atomic E-state index is 0.0608. The Morgan fingerprint density at radius 1 is 1.21 bits per heavy atom. The number of nitrogens with zero attached hydrogens (tertiary/aromatic N) is 3. The number of para-hydroxylation sites is 1. The van der Waals surface area contributed by atoms with Crippen LogP contribution in [-0.2, 0) is 28.9 Å². The van der Waals surface area contributed by atoms with Gasteiger partial charge in [-0.15, -0.1) is 0 Å². The second-order valence-electron chi connectivity index (χ2n) is 10.1. The second kappa shape index (κ2) is 12.1. The number of amides is 1. The van der Waals surface area contributed by atoms with Crippen LogP contribution in [-0.4, -0.2) is 58.7 Å². The van der Waals surface area contributed by atoms with E-state index in [1.54, 1.807) is 6.33 Å². The Bertz CT molecular complexity index is 1260. The highest BCUT2D eigenvalue weighted by Gasteiger charge is 2.27. The van der Waals surface area contributed by atoms with Crippen molar-refractivity contribution >= 4 is 11.7 Å². The smallest absolute Gasteiger partial charge is 0.242 e. The lowest BCUT2D eigenvalue weighted by molar-refractivity contribution is -0.118. The van der Waals surface area contributed by atoms with Crippen LogP contribution in [0.3, 0.4) is 0 Å². The van der Waals surface area contributed by atoms with E-state index in [2.05, 4.69) is 32.7 Å². The summed E-state index contributed by atoms with van der Waals surface area (Å²) >= 11 is 0. The fourth-order valence-corrected chi connectivity index (χ4v) is 5.42. The van der Waals surface area contributed by atoms with Crippen LogP contribution in [0.15, 0.2) is 48.9 Å². The summed E-state index contributed by atoms with van der Waals surface area (Å²) in [4.78, 5) is 20.1. The number of nitrogens with one attached hydrogen (secondary N) is 2. The minimum Gasteiger partial charge on any atom is -0.379 e. The predicted molar refractivity (Wildman–Crippen MR) is 142 cm³/mol. The third kappa shape index (κ3) is 6.28. The summed E-state index contributed by atoms with van der Waals surface area (Å²) in [6.07, 6.45) is 6.75. The van der Waals surface area contributed by atoms with Crippen LogP contribution in [0, 0.1) is 11.6 Å². The van der Waals surface area contributed by atoms with Gasteiger partial charge in [-0.3, -0.25) is 9.69 Å². The second-order valence-corrected chi connectivity index (χ2v) is 10.1. The molecule has 1 aromatic heterocycles. The zero-order chi connectivity index (χ0) is 26.5. The molecule has 1 fully saturated rings. The van der Waals surface area contributed by atoms with Gasteiger partial charge in [0.1, 0.15) is 18.0 Å². The Morgan fingerprint density at radius 3 is 2.84 bits per heavy atom. The lowest BCUT2D eigenvalue weighted by Gasteiger charge is -2.29. The van der Waals surface area contributed by atoms with Crippen LogP contribution in [0.4, 0.5) is 14.6 Å². The van der Waals surface area contributed by atoms with E-state index in [0.29, 0.717) is 30.6 Å². The van der Waals surface area contributed by atoms with Crippen molar-refractivity contribution in [3.63, 3.8) is 0 Å². The maximum Gasteiger partial charge on any atom is 0.242 e. The Kier molecular flexibility index (Phi) is 8.46. The quantitative estimate of drug-likeness (QED) is 0.439. The standard InChI is InChI=1S/C29H35F2N5O2/c1-2-5-26(33-23-9-8-20-14-22(30)15-25(31)24(20)16-23)29(37)34-28-18-36(19-32-28)27-7-4-3-6-21(27)17-35-10-12-38-13-11-35/h3-4,6-7,14-15,18-19,23,26,33H,2,5,8-13,16-17H2,1H3,(H,34,37)/t23-,26?/m0/s1. The van der Waals surface area contributed by atoms with Crippen LogP contribution in [0.5, 0.6) is 0 Å². The van der Waals surface area contributed by atoms with Crippen LogP contribution < -0.4 is 10.6 Å². The molecule has 7 nitrogen and oxygen atoms in total. The summed E-state index contributed by atoms with van der Waals surface area (Å²) in [5.41, 5.74) is 3.46. The molecule has 9 heteroatoms. The zero-order valence-electron chi connectivity index (χ0n) is 21.8. The fraction of sp³-hybridized carbons (Fsp3) is 0.448. The normalized spacial score (nSPS) is 18.7. The third-order valence-electron chi connectivity index (χ3n) is 7.40. The van der Waals surface area contributed by atoms with Gasteiger partial charge in [-0.1, -0.05) is 31.5 Å². The first-order valence-electron chi connectivity index (χ1n) is 13.5. The molecule has 0 saturated carbocycles. The van der Waals surface area contributed by atoms with E-state index in [4.69, 9.17) is 4.74 Å². The molecule has 2 heterocycles. The largest absolute Gasteiger partial charge is 0.379 e. The summed E-state index contributed by atoms with van der Waals surface area (Å²) in [5, 5.41) is 6.39. The van der Waals surface area contributed by atoms with Gasteiger partial charge in [0, 0.05) is 31.7 Å². The fourth-order valence-electron chi connectivity index (χ4n) is 5.42. The van der Waals surface area contributed by atoms with Crippen LogP contribution in [0.2, 0.25) is 0 Å². The van der Waals surface area contributed by atoms with Crippen molar-refractivity contribution in [1.29, 1.82) is 0 Å². The number of fused-ring (bicyclic) bond motifs is 1.